The molecule has 0 N–H and O–H groups in total. The maximum absolute atomic E-state index is 12.8. The van der Waals surface area contributed by atoms with E-state index in [1.165, 1.54) is 11.1 Å². The van der Waals surface area contributed by atoms with Gasteiger partial charge in [-0.3, -0.25) is 9.78 Å². The Bertz CT molecular complexity index is 953. The summed E-state index contributed by atoms with van der Waals surface area (Å²) < 4.78 is 0. The van der Waals surface area contributed by atoms with E-state index in [9.17, 15) is 4.79 Å². The monoisotopic (exact) mass is 384 g/mol. The van der Waals surface area contributed by atoms with Crippen LogP contribution in [0, 0.1) is 6.92 Å². The number of benzene rings is 2. The first-order valence-electron chi connectivity index (χ1n) is 10.5. The highest BCUT2D eigenvalue weighted by molar-refractivity contribution is 5.79. The first kappa shape index (κ1) is 19.4. The van der Waals surface area contributed by atoms with E-state index in [1.54, 1.807) is 0 Å². The molecule has 1 saturated heterocycles. The molecule has 0 bridgehead atoms. The topological polar surface area (TPSA) is 33.2 Å². The zero-order valence-electron chi connectivity index (χ0n) is 17.1. The second-order valence-electron chi connectivity index (χ2n) is 8.05. The van der Waals surface area contributed by atoms with Gasteiger partial charge in [0.05, 0.1) is 6.42 Å². The van der Waals surface area contributed by atoms with Gasteiger partial charge in [0.2, 0.25) is 5.91 Å². The normalized spacial score (nSPS) is 16.6. The van der Waals surface area contributed by atoms with E-state index in [2.05, 4.69) is 49.4 Å². The second-order valence-corrected chi connectivity index (χ2v) is 8.05. The number of aromatic nitrogens is 1. The Morgan fingerprint density at radius 2 is 1.66 bits per heavy atom. The van der Waals surface area contributed by atoms with Crippen molar-refractivity contribution in [2.24, 2.45) is 0 Å². The summed E-state index contributed by atoms with van der Waals surface area (Å²) in [6.07, 6.45) is 3.53. The standard InChI is InChI=1S/C26H28N2O/c1-20-15-23(16-21-9-4-2-5-10-21)17-25(27-20)24-13-8-14-28(19-24)26(29)18-22-11-6-3-7-12-22/h2-7,9-12,15,17,24H,8,13-14,16,18-19H2,1H3/t24-/m0/s1. The molecular weight excluding hydrogens is 356 g/mol. The van der Waals surface area contributed by atoms with Crippen LogP contribution in [0.2, 0.25) is 0 Å². The molecule has 2 aromatic carbocycles. The molecule has 148 valence electrons. The number of hydrogen-bond donors (Lipinski definition) is 0. The predicted octanol–water partition coefficient (Wildman–Crippen LogP) is 4.93. The van der Waals surface area contributed by atoms with Crippen LogP contribution in [0.15, 0.2) is 72.8 Å². The number of rotatable bonds is 5. The fourth-order valence-corrected chi connectivity index (χ4v) is 4.24. The van der Waals surface area contributed by atoms with Crippen LogP contribution in [-0.4, -0.2) is 28.9 Å². The Labute approximate surface area is 173 Å². The zero-order valence-corrected chi connectivity index (χ0v) is 17.1. The van der Waals surface area contributed by atoms with E-state index in [1.807, 2.05) is 35.2 Å². The summed E-state index contributed by atoms with van der Waals surface area (Å²) in [5.74, 6) is 0.538. The van der Waals surface area contributed by atoms with Gasteiger partial charge in [0, 0.05) is 30.4 Å². The van der Waals surface area contributed by atoms with Crippen LogP contribution in [0.4, 0.5) is 0 Å². The minimum Gasteiger partial charge on any atom is -0.342 e. The molecule has 0 unspecified atom stereocenters. The Kier molecular flexibility index (Phi) is 6.04. The molecule has 29 heavy (non-hydrogen) atoms. The van der Waals surface area contributed by atoms with Crippen LogP contribution in [0.25, 0.3) is 0 Å². The SMILES string of the molecule is Cc1cc(Cc2ccccc2)cc([C@H]2CCCN(C(=O)Cc3ccccc3)C2)n1. The van der Waals surface area contributed by atoms with E-state index >= 15 is 0 Å². The Hall–Kier alpha value is -2.94. The number of hydrogen-bond acceptors (Lipinski definition) is 2. The molecule has 1 atom stereocenters. The van der Waals surface area contributed by atoms with Gasteiger partial charge in [-0.05, 0) is 55.0 Å². The quantitative estimate of drug-likeness (QED) is 0.625. The molecule has 4 rings (SSSR count). The molecule has 1 fully saturated rings. The molecule has 1 aliphatic heterocycles. The second kappa shape index (κ2) is 9.04. The number of piperidine rings is 1. The lowest BCUT2D eigenvalue weighted by Gasteiger charge is -2.33. The number of carbonyl (C=O) groups excluding carboxylic acids is 1. The van der Waals surface area contributed by atoms with E-state index in [-0.39, 0.29) is 5.91 Å². The Morgan fingerprint density at radius 1 is 0.966 bits per heavy atom. The van der Waals surface area contributed by atoms with Crippen molar-refractivity contribution in [1.29, 1.82) is 0 Å². The Morgan fingerprint density at radius 3 is 2.38 bits per heavy atom. The number of pyridine rings is 1. The van der Waals surface area contributed by atoms with E-state index < -0.39 is 0 Å². The van der Waals surface area contributed by atoms with Crippen molar-refractivity contribution in [2.75, 3.05) is 13.1 Å². The zero-order chi connectivity index (χ0) is 20.1. The van der Waals surface area contributed by atoms with Crippen LogP contribution in [-0.2, 0) is 17.6 Å². The third-order valence-corrected chi connectivity index (χ3v) is 5.67. The molecule has 3 heteroatoms. The van der Waals surface area contributed by atoms with Gasteiger partial charge in [-0.1, -0.05) is 60.7 Å². The Balaban J connectivity index is 1.47. The largest absolute Gasteiger partial charge is 0.342 e. The van der Waals surface area contributed by atoms with Crippen molar-refractivity contribution in [3.05, 3.63) is 101 Å². The van der Waals surface area contributed by atoms with Crippen molar-refractivity contribution in [2.45, 2.75) is 38.5 Å². The fraction of sp³-hybridized carbons (Fsp3) is 0.308. The van der Waals surface area contributed by atoms with Gasteiger partial charge in [-0.2, -0.15) is 0 Å². The minimum absolute atomic E-state index is 0.220. The highest BCUT2D eigenvalue weighted by Crippen LogP contribution is 2.27. The third kappa shape index (κ3) is 5.11. The maximum atomic E-state index is 12.8. The van der Waals surface area contributed by atoms with Crippen molar-refractivity contribution in [3.63, 3.8) is 0 Å². The average Bonchev–Trinajstić information content (AvgIpc) is 2.75. The fourth-order valence-electron chi connectivity index (χ4n) is 4.24. The predicted molar refractivity (Wildman–Crippen MR) is 117 cm³/mol. The van der Waals surface area contributed by atoms with Gasteiger partial charge in [-0.25, -0.2) is 0 Å². The lowest BCUT2D eigenvalue weighted by atomic mass is 9.92. The van der Waals surface area contributed by atoms with Gasteiger partial charge >= 0.3 is 0 Å². The smallest absolute Gasteiger partial charge is 0.227 e. The maximum Gasteiger partial charge on any atom is 0.227 e. The van der Waals surface area contributed by atoms with Crippen molar-refractivity contribution in [1.82, 2.24) is 9.88 Å². The summed E-state index contributed by atoms with van der Waals surface area (Å²) >= 11 is 0. The minimum atomic E-state index is 0.220. The van der Waals surface area contributed by atoms with Gasteiger partial charge in [0.25, 0.3) is 0 Å². The van der Waals surface area contributed by atoms with Crippen molar-refractivity contribution < 1.29 is 4.79 Å². The van der Waals surface area contributed by atoms with Gasteiger partial charge in [-0.15, -0.1) is 0 Å². The third-order valence-electron chi connectivity index (χ3n) is 5.67. The van der Waals surface area contributed by atoms with Crippen LogP contribution in [0.5, 0.6) is 0 Å². The molecule has 0 spiro atoms. The number of aryl methyl sites for hydroxylation is 1. The van der Waals surface area contributed by atoms with Gasteiger partial charge < -0.3 is 4.90 Å². The van der Waals surface area contributed by atoms with E-state index in [0.29, 0.717) is 12.3 Å². The summed E-state index contributed by atoms with van der Waals surface area (Å²) in [6, 6.07) is 25.0. The molecule has 0 saturated carbocycles. The summed E-state index contributed by atoms with van der Waals surface area (Å²) in [6.45, 7) is 3.69. The highest BCUT2D eigenvalue weighted by atomic mass is 16.2. The first-order chi connectivity index (χ1) is 14.2. The molecule has 1 aliphatic rings. The number of likely N-dealkylation sites (tertiary alicyclic amines) is 1. The van der Waals surface area contributed by atoms with Gasteiger partial charge in [0.15, 0.2) is 0 Å². The van der Waals surface area contributed by atoms with E-state index in [0.717, 1.165) is 49.3 Å². The molecule has 1 aromatic heterocycles. The van der Waals surface area contributed by atoms with Crippen molar-refractivity contribution >= 4 is 5.91 Å². The molecular formula is C26H28N2O. The van der Waals surface area contributed by atoms with Crippen molar-refractivity contribution in [3.8, 4) is 0 Å². The lowest BCUT2D eigenvalue weighted by molar-refractivity contribution is -0.131. The van der Waals surface area contributed by atoms with Crippen LogP contribution >= 0.6 is 0 Å². The number of carbonyl (C=O) groups is 1. The molecule has 1 amide bonds. The van der Waals surface area contributed by atoms with Gasteiger partial charge in [0.1, 0.15) is 0 Å². The number of amides is 1. The highest BCUT2D eigenvalue weighted by Gasteiger charge is 2.26. The molecule has 3 nitrogen and oxygen atoms in total. The molecule has 0 aliphatic carbocycles. The first-order valence-corrected chi connectivity index (χ1v) is 10.5. The summed E-state index contributed by atoms with van der Waals surface area (Å²) in [5, 5.41) is 0. The van der Waals surface area contributed by atoms with Crippen LogP contribution in [0.1, 0.15) is 46.8 Å². The summed E-state index contributed by atoms with van der Waals surface area (Å²) in [5.41, 5.74) is 5.88. The lowest BCUT2D eigenvalue weighted by Crippen LogP contribution is -2.40. The number of nitrogens with zero attached hydrogens (tertiary/aromatic N) is 2. The molecule has 0 radical (unpaired) electrons. The van der Waals surface area contributed by atoms with Crippen LogP contribution < -0.4 is 0 Å². The molecule has 2 heterocycles. The molecule has 3 aromatic rings. The summed E-state index contributed by atoms with van der Waals surface area (Å²) in [4.78, 5) is 19.7. The van der Waals surface area contributed by atoms with E-state index in [4.69, 9.17) is 4.98 Å². The average molecular weight is 385 g/mol. The van der Waals surface area contributed by atoms with Crippen LogP contribution in [0.3, 0.4) is 0 Å². The summed E-state index contributed by atoms with van der Waals surface area (Å²) in [7, 11) is 0.